The molecule has 1 amide bonds. The van der Waals surface area contributed by atoms with Crippen LogP contribution in [0.3, 0.4) is 0 Å². The number of carbonyl (C=O) groups excluding carboxylic acids is 1. The smallest absolute Gasteiger partial charge is 0.330 e. The summed E-state index contributed by atoms with van der Waals surface area (Å²) in [6.45, 7) is 3.87. The number of amides is 1. The van der Waals surface area contributed by atoms with E-state index in [4.69, 9.17) is 0 Å². The first-order chi connectivity index (χ1) is 12.4. The molecule has 0 aliphatic carbocycles. The van der Waals surface area contributed by atoms with E-state index >= 15 is 0 Å². The van der Waals surface area contributed by atoms with E-state index in [-0.39, 0.29) is 12.3 Å². The Morgan fingerprint density at radius 2 is 1.88 bits per heavy atom. The summed E-state index contributed by atoms with van der Waals surface area (Å²) in [4.78, 5) is 24.1. The lowest BCUT2D eigenvalue weighted by Gasteiger charge is -2.16. The van der Waals surface area contributed by atoms with Crippen molar-refractivity contribution in [1.29, 1.82) is 0 Å². The maximum absolute atomic E-state index is 12.5. The maximum Gasteiger partial charge on any atom is 0.330 e. The molecular formula is C20H21N3O3. The van der Waals surface area contributed by atoms with Crippen LogP contribution >= 0.6 is 0 Å². The molecule has 0 bridgehead atoms. The zero-order valence-electron chi connectivity index (χ0n) is 15.0. The first-order valence-corrected chi connectivity index (χ1v) is 8.36. The predicted octanol–water partition coefficient (Wildman–Crippen LogP) is 2.67. The molecule has 1 atom stereocenters. The summed E-state index contributed by atoms with van der Waals surface area (Å²) in [7, 11) is 1.82. The lowest BCUT2D eigenvalue weighted by molar-refractivity contribution is -0.142. The SMILES string of the molecule is Cc1ccc(C(NC(=O)Cc2nn(C)c3ccccc23)C(=O)O)cc1C. The fourth-order valence-corrected chi connectivity index (χ4v) is 3.02. The molecule has 0 radical (unpaired) electrons. The lowest BCUT2D eigenvalue weighted by atomic mass is 10.0. The van der Waals surface area contributed by atoms with Crippen molar-refractivity contribution in [2.75, 3.05) is 0 Å². The number of carboxylic acid groups (broad SMARTS) is 1. The average Bonchev–Trinajstić information content (AvgIpc) is 2.91. The van der Waals surface area contributed by atoms with Gasteiger partial charge in [-0.1, -0.05) is 36.4 Å². The molecule has 0 fully saturated rings. The van der Waals surface area contributed by atoms with Crippen LogP contribution in [0, 0.1) is 13.8 Å². The molecule has 26 heavy (non-hydrogen) atoms. The summed E-state index contributed by atoms with van der Waals surface area (Å²) >= 11 is 0. The Morgan fingerprint density at radius 1 is 1.15 bits per heavy atom. The normalized spacial score (nSPS) is 12.1. The minimum atomic E-state index is -1.09. The number of nitrogens with zero attached hydrogens (tertiary/aromatic N) is 2. The lowest BCUT2D eigenvalue weighted by Crippen LogP contribution is -2.34. The van der Waals surface area contributed by atoms with Gasteiger partial charge in [0.25, 0.3) is 0 Å². The second-order valence-electron chi connectivity index (χ2n) is 6.45. The van der Waals surface area contributed by atoms with Gasteiger partial charge in [-0.2, -0.15) is 5.10 Å². The molecule has 2 N–H and O–H groups in total. The number of aromatic nitrogens is 2. The Kier molecular flexibility index (Phi) is 4.75. The third-order valence-electron chi connectivity index (χ3n) is 4.58. The van der Waals surface area contributed by atoms with Gasteiger partial charge in [-0.15, -0.1) is 0 Å². The van der Waals surface area contributed by atoms with Crippen LogP contribution in [0.25, 0.3) is 10.9 Å². The Morgan fingerprint density at radius 3 is 2.58 bits per heavy atom. The van der Waals surface area contributed by atoms with Gasteiger partial charge in [0.05, 0.1) is 17.6 Å². The fourth-order valence-electron chi connectivity index (χ4n) is 3.02. The van der Waals surface area contributed by atoms with Crippen molar-refractivity contribution in [3.63, 3.8) is 0 Å². The number of aryl methyl sites for hydroxylation is 3. The van der Waals surface area contributed by atoms with E-state index in [0.717, 1.165) is 22.0 Å². The number of rotatable bonds is 5. The van der Waals surface area contributed by atoms with Gasteiger partial charge in [0.1, 0.15) is 0 Å². The van der Waals surface area contributed by atoms with Crippen LogP contribution in [-0.2, 0) is 23.1 Å². The van der Waals surface area contributed by atoms with E-state index in [1.807, 2.05) is 51.2 Å². The van der Waals surface area contributed by atoms with Crippen molar-refractivity contribution in [2.45, 2.75) is 26.3 Å². The summed E-state index contributed by atoms with van der Waals surface area (Å²) in [6.07, 6.45) is 0.0238. The molecule has 0 spiro atoms. The molecule has 1 heterocycles. The molecule has 2 aromatic carbocycles. The number of para-hydroxylation sites is 1. The molecule has 134 valence electrons. The quantitative estimate of drug-likeness (QED) is 0.740. The van der Waals surface area contributed by atoms with Gasteiger partial charge in [-0.3, -0.25) is 9.48 Å². The summed E-state index contributed by atoms with van der Waals surface area (Å²) in [5.74, 6) is -1.47. The molecule has 0 saturated carbocycles. The molecule has 0 saturated heterocycles. The predicted molar refractivity (Wildman–Crippen MR) is 98.9 cm³/mol. The number of aliphatic carboxylic acids is 1. The number of nitrogens with one attached hydrogen (secondary N) is 1. The number of carbonyl (C=O) groups is 2. The van der Waals surface area contributed by atoms with Crippen LogP contribution in [0.2, 0.25) is 0 Å². The molecule has 3 aromatic rings. The summed E-state index contributed by atoms with van der Waals surface area (Å²) in [6, 6.07) is 11.9. The second kappa shape index (κ2) is 7.00. The van der Waals surface area contributed by atoms with Crippen molar-refractivity contribution in [3.05, 3.63) is 64.8 Å². The molecule has 1 unspecified atom stereocenters. The number of benzene rings is 2. The van der Waals surface area contributed by atoms with E-state index in [0.29, 0.717) is 11.3 Å². The minimum absolute atomic E-state index is 0.0238. The number of hydrogen-bond acceptors (Lipinski definition) is 3. The highest BCUT2D eigenvalue weighted by atomic mass is 16.4. The molecule has 6 nitrogen and oxygen atoms in total. The highest BCUT2D eigenvalue weighted by Gasteiger charge is 2.23. The first-order valence-electron chi connectivity index (χ1n) is 8.36. The topological polar surface area (TPSA) is 84.2 Å². The summed E-state index contributed by atoms with van der Waals surface area (Å²) in [5, 5.41) is 17.4. The third kappa shape index (κ3) is 3.44. The first kappa shape index (κ1) is 17.7. The van der Waals surface area contributed by atoms with Crippen LogP contribution < -0.4 is 5.32 Å². The van der Waals surface area contributed by atoms with Gasteiger partial charge in [-0.05, 0) is 36.6 Å². The van der Waals surface area contributed by atoms with Gasteiger partial charge in [0.2, 0.25) is 5.91 Å². The number of hydrogen-bond donors (Lipinski definition) is 2. The van der Waals surface area contributed by atoms with Crippen LogP contribution in [0.5, 0.6) is 0 Å². The largest absolute Gasteiger partial charge is 0.479 e. The standard InChI is InChI=1S/C20H21N3O3/c1-12-8-9-14(10-13(12)2)19(20(25)26)21-18(24)11-16-15-6-4-5-7-17(15)23(3)22-16/h4-10,19H,11H2,1-3H3,(H,21,24)(H,25,26). The maximum atomic E-state index is 12.5. The molecule has 1 aromatic heterocycles. The number of fused-ring (bicyclic) bond motifs is 1. The summed E-state index contributed by atoms with van der Waals surface area (Å²) < 4.78 is 1.72. The van der Waals surface area contributed by atoms with Gasteiger partial charge in [0.15, 0.2) is 6.04 Å². The van der Waals surface area contributed by atoms with Gasteiger partial charge in [-0.25, -0.2) is 4.79 Å². The molecular weight excluding hydrogens is 330 g/mol. The Labute approximate surface area is 151 Å². The highest BCUT2D eigenvalue weighted by Crippen LogP contribution is 2.20. The molecule has 0 aliphatic rings. The summed E-state index contributed by atoms with van der Waals surface area (Å²) in [5.41, 5.74) is 4.17. The van der Waals surface area contributed by atoms with E-state index < -0.39 is 12.0 Å². The highest BCUT2D eigenvalue weighted by molar-refractivity contribution is 5.90. The Balaban J connectivity index is 1.82. The van der Waals surface area contributed by atoms with Crippen molar-refractivity contribution in [2.24, 2.45) is 7.05 Å². The van der Waals surface area contributed by atoms with E-state index in [1.54, 1.807) is 16.8 Å². The fraction of sp³-hybridized carbons (Fsp3) is 0.250. The van der Waals surface area contributed by atoms with Crippen LogP contribution in [0.1, 0.15) is 28.4 Å². The van der Waals surface area contributed by atoms with Crippen molar-refractivity contribution in [1.82, 2.24) is 15.1 Å². The van der Waals surface area contributed by atoms with Crippen molar-refractivity contribution in [3.8, 4) is 0 Å². The van der Waals surface area contributed by atoms with Crippen LogP contribution in [-0.4, -0.2) is 26.8 Å². The second-order valence-corrected chi connectivity index (χ2v) is 6.45. The monoisotopic (exact) mass is 351 g/mol. The minimum Gasteiger partial charge on any atom is -0.479 e. The van der Waals surface area contributed by atoms with Gasteiger partial charge < -0.3 is 10.4 Å². The van der Waals surface area contributed by atoms with E-state index in [1.165, 1.54) is 0 Å². The van der Waals surface area contributed by atoms with Gasteiger partial charge in [0, 0.05) is 12.4 Å². The van der Waals surface area contributed by atoms with E-state index in [9.17, 15) is 14.7 Å². The molecule has 6 heteroatoms. The zero-order chi connectivity index (χ0) is 18.8. The number of carboxylic acids is 1. The van der Waals surface area contributed by atoms with Crippen molar-refractivity contribution < 1.29 is 14.7 Å². The molecule has 0 aliphatic heterocycles. The Hall–Kier alpha value is -3.15. The van der Waals surface area contributed by atoms with Crippen LogP contribution in [0.15, 0.2) is 42.5 Å². The average molecular weight is 351 g/mol. The van der Waals surface area contributed by atoms with Crippen LogP contribution in [0.4, 0.5) is 0 Å². The van der Waals surface area contributed by atoms with Gasteiger partial charge >= 0.3 is 5.97 Å². The third-order valence-corrected chi connectivity index (χ3v) is 4.58. The molecule has 3 rings (SSSR count). The van der Waals surface area contributed by atoms with E-state index in [2.05, 4.69) is 10.4 Å². The van der Waals surface area contributed by atoms with Crippen molar-refractivity contribution >= 4 is 22.8 Å². The zero-order valence-corrected chi connectivity index (χ0v) is 15.0. The Bertz CT molecular complexity index is 991.